The zero-order valence-corrected chi connectivity index (χ0v) is 14.9. The highest BCUT2D eigenvalue weighted by atomic mass is 32.2. The number of benzene rings is 1. The van der Waals surface area contributed by atoms with E-state index in [-0.39, 0.29) is 11.8 Å². The second-order valence-corrected chi connectivity index (χ2v) is 6.45. The number of nitrogens with one attached hydrogen (secondary N) is 1. The summed E-state index contributed by atoms with van der Waals surface area (Å²) in [5, 5.41) is 3.92. The Kier molecular flexibility index (Phi) is 4.99. The van der Waals surface area contributed by atoms with Gasteiger partial charge in [0.25, 0.3) is 0 Å². The molecule has 1 amide bonds. The van der Waals surface area contributed by atoms with Crippen molar-refractivity contribution >= 4 is 17.7 Å². The Labute approximate surface area is 145 Å². The molecule has 0 fully saturated rings. The summed E-state index contributed by atoms with van der Waals surface area (Å²) >= 11 is 1.58. The number of nitrogens with zero attached hydrogens (tertiary/aromatic N) is 2. The average Bonchev–Trinajstić information content (AvgIpc) is 2.98. The number of carbonyl (C=O) groups excluding carboxylic acids is 1. The number of hydrogen-bond donors (Lipinski definition) is 1. The first-order chi connectivity index (χ1) is 11.6. The van der Waals surface area contributed by atoms with E-state index in [4.69, 9.17) is 9.47 Å². The van der Waals surface area contributed by atoms with E-state index < -0.39 is 0 Å². The predicted molar refractivity (Wildman–Crippen MR) is 92.5 cm³/mol. The van der Waals surface area contributed by atoms with Gasteiger partial charge in [0.2, 0.25) is 5.91 Å². The Hall–Kier alpha value is -2.15. The average molecular weight is 347 g/mol. The standard InChI is InChI=1S/C17H21N3O3S/c1-20-13(9-19-17(20)24-3)8-18-16(21)12-7-11-5-4-6-14(22-2)15(11)23-10-12/h4-6,9,12H,7-8,10H2,1-3H3,(H,18,21). The minimum Gasteiger partial charge on any atom is -0.493 e. The van der Waals surface area contributed by atoms with Crippen molar-refractivity contribution < 1.29 is 14.3 Å². The van der Waals surface area contributed by atoms with Gasteiger partial charge in [0.05, 0.1) is 31.5 Å². The van der Waals surface area contributed by atoms with E-state index >= 15 is 0 Å². The number of rotatable bonds is 5. The molecule has 7 heteroatoms. The molecular formula is C17H21N3O3S. The molecule has 128 valence electrons. The van der Waals surface area contributed by atoms with E-state index in [0.29, 0.717) is 25.3 Å². The van der Waals surface area contributed by atoms with Crippen LogP contribution in [0.1, 0.15) is 11.3 Å². The highest BCUT2D eigenvalue weighted by molar-refractivity contribution is 7.98. The monoisotopic (exact) mass is 347 g/mol. The summed E-state index contributed by atoms with van der Waals surface area (Å²) in [7, 11) is 3.57. The summed E-state index contributed by atoms with van der Waals surface area (Å²) in [4.78, 5) is 16.8. The SMILES string of the molecule is COc1cccc2c1OCC(C(=O)NCc1cnc(SC)n1C)C2. The fraction of sp³-hybridized carbons (Fsp3) is 0.412. The molecule has 0 bridgehead atoms. The van der Waals surface area contributed by atoms with E-state index in [2.05, 4.69) is 10.3 Å². The lowest BCUT2D eigenvalue weighted by molar-refractivity contribution is -0.126. The number of amides is 1. The van der Waals surface area contributed by atoms with E-state index in [9.17, 15) is 4.79 Å². The lowest BCUT2D eigenvalue weighted by Gasteiger charge is -2.25. The van der Waals surface area contributed by atoms with E-state index in [1.807, 2.05) is 36.1 Å². The molecule has 24 heavy (non-hydrogen) atoms. The van der Waals surface area contributed by atoms with Crippen LogP contribution in [0.2, 0.25) is 0 Å². The minimum absolute atomic E-state index is 0.00429. The number of para-hydroxylation sites is 1. The summed E-state index contributed by atoms with van der Waals surface area (Å²) in [6.45, 7) is 0.824. The molecule has 0 aliphatic carbocycles. The van der Waals surface area contributed by atoms with Gasteiger partial charge < -0.3 is 19.4 Å². The second kappa shape index (κ2) is 7.17. The van der Waals surface area contributed by atoms with Gasteiger partial charge in [-0.3, -0.25) is 4.79 Å². The molecule has 1 aliphatic rings. The number of thioether (sulfide) groups is 1. The molecule has 0 saturated heterocycles. The van der Waals surface area contributed by atoms with Crippen LogP contribution in [0.25, 0.3) is 0 Å². The minimum atomic E-state index is -0.196. The summed E-state index contributed by atoms with van der Waals surface area (Å²) < 4.78 is 13.1. The molecule has 2 heterocycles. The van der Waals surface area contributed by atoms with E-state index in [1.165, 1.54) is 0 Å². The number of ether oxygens (including phenoxy) is 2. The van der Waals surface area contributed by atoms with Crippen LogP contribution in [-0.4, -0.2) is 35.4 Å². The maximum Gasteiger partial charge on any atom is 0.227 e. The molecule has 2 aromatic rings. The fourth-order valence-electron chi connectivity index (χ4n) is 2.82. The van der Waals surface area contributed by atoms with Crippen LogP contribution >= 0.6 is 11.8 Å². The fourth-order valence-corrected chi connectivity index (χ4v) is 3.37. The van der Waals surface area contributed by atoms with Gasteiger partial charge in [0, 0.05) is 7.05 Å². The molecular weight excluding hydrogens is 326 g/mol. The summed E-state index contributed by atoms with van der Waals surface area (Å²) in [5.41, 5.74) is 1.98. The zero-order chi connectivity index (χ0) is 17.1. The van der Waals surface area contributed by atoms with Crippen LogP contribution in [0.5, 0.6) is 11.5 Å². The number of aromatic nitrogens is 2. The first kappa shape index (κ1) is 16.7. The Morgan fingerprint density at radius 2 is 2.38 bits per heavy atom. The second-order valence-electron chi connectivity index (χ2n) is 5.67. The van der Waals surface area contributed by atoms with Crippen LogP contribution < -0.4 is 14.8 Å². The van der Waals surface area contributed by atoms with Gasteiger partial charge in [0.15, 0.2) is 16.7 Å². The van der Waals surface area contributed by atoms with Crippen molar-refractivity contribution in [3.8, 4) is 11.5 Å². The van der Waals surface area contributed by atoms with Crippen LogP contribution in [0.15, 0.2) is 29.6 Å². The zero-order valence-electron chi connectivity index (χ0n) is 14.0. The first-order valence-electron chi connectivity index (χ1n) is 7.75. The van der Waals surface area contributed by atoms with Crippen molar-refractivity contribution in [2.45, 2.75) is 18.1 Å². The maximum atomic E-state index is 12.5. The van der Waals surface area contributed by atoms with Gasteiger partial charge in [-0.25, -0.2) is 4.98 Å². The van der Waals surface area contributed by atoms with E-state index in [0.717, 1.165) is 22.2 Å². The topological polar surface area (TPSA) is 65.4 Å². The van der Waals surface area contributed by atoms with E-state index in [1.54, 1.807) is 25.1 Å². The third kappa shape index (κ3) is 3.21. The summed E-state index contributed by atoms with van der Waals surface area (Å²) in [6.07, 6.45) is 4.43. The molecule has 1 N–H and O–H groups in total. The third-order valence-corrected chi connectivity index (χ3v) is 4.96. The highest BCUT2D eigenvalue weighted by Gasteiger charge is 2.27. The van der Waals surface area contributed by atoms with Gasteiger partial charge in [-0.2, -0.15) is 0 Å². The van der Waals surface area contributed by atoms with Crippen LogP contribution in [-0.2, 0) is 24.8 Å². The van der Waals surface area contributed by atoms with Gasteiger partial charge in [-0.05, 0) is 24.3 Å². The molecule has 0 radical (unpaired) electrons. The Morgan fingerprint density at radius 3 is 3.08 bits per heavy atom. The Morgan fingerprint density at radius 1 is 1.54 bits per heavy atom. The predicted octanol–water partition coefficient (Wildman–Crippen LogP) is 2.02. The van der Waals surface area contributed by atoms with Crippen molar-refractivity contribution in [3.05, 3.63) is 35.7 Å². The molecule has 1 atom stereocenters. The number of methoxy groups -OCH3 is 1. The van der Waals surface area contributed by atoms with Crippen LogP contribution in [0.3, 0.4) is 0 Å². The van der Waals surface area contributed by atoms with Crippen molar-refractivity contribution in [3.63, 3.8) is 0 Å². The molecule has 1 aromatic heterocycles. The molecule has 6 nitrogen and oxygen atoms in total. The van der Waals surface area contributed by atoms with Crippen molar-refractivity contribution in [2.75, 3.05) is 20.0 Å². The molecule has 0 saturated carbocycles. The molecule has 1 aliphatic heterocycles. The molecule has 0 spiro atoms. The van der Waals surface area contributed by atoms with Gasteiger partial charge in [-0.1, -0.05) is 23.9 Å². The smallest absolute Gasteiger partial charge is 0.227 e. The van der Waals surface area contributed by atoms with Gasteiger partial charge in [-0.15, -0.1) is 0 Å². The van der Waals surface area contributed by atoms with Crippen LogP contribution in [0, 0.1) is 5.92 Å². The van der Waals surface area contributed by atoms with Crippen molar-refractivity contribution in [1.29, 1.82) is 0 Å². The summed E-state index contributed by atoms with van der Waals surface area (Å²) in [5.74, 6) is 1.26. The first-order valence-corrected chi connectivity index (χ1v) is 8.97. The normalized spacial score (nSPS) is 16.2. The summed E-state index contributed by atoms with van der Waals surface area (Å²) in [6, 6.07) is 5.76. The molecule has 1 unspecified atom stereocenters. The molecule has 1 aromatic carbocycles. The van der Waals surface area contributed by atoms with Gasteiger partial charge >= 0.3 is 0 Å². The maximum absolute atomic E-state index is 12.5. The largest absolute Gasteiger partial charge is 0.493 e. The number of hydrogen-bond acceptors (Lipinski definition) is 5. The number of fused-ring (bicyclic) bond motifs is 1. The third-order valence-electron chi connectivity index (χ3n) is 4.21. The lowest BCUT2D eigenvalue weighted by Crippen LogP contribution is -2.37. The Bertz CT molecular complexity index is 745. The number of imidazole rings is 1. The van der Waals surface area contributed by atoms with Crippen molar-refractivity contribution in [2.24, 2.45) is 13.0 Å². The van der Waals surface area contributed by atoms with Crippen molar-refractivity contribution in [1.82, 2.24) is 14.9 Å². The van der Waals surface area contributed by atoms with Crippen LogP contribution in [0.4, 0.5) is 0 Å². The lowest BCUT2D eigenvalue weighted by atomic mass is 9.95. The Balaban J connectivity index is 1.63. The highest BCUT2D eigenvalue weighted by Crippen LogP contribution is 2.36. The van der Waals surface area contributed by atoms with Gasteiger partial charge in [0.1, 0.15) is 6.61 Å². The number of carbonyl (C=O) groups is 1. The molecule has 3 rings (SSSR count). The quantitative estimate of drug-likeness (QED) is 0.838.